The highest BCUT2D eigenvalue weighted by Crippen LogP contribution is 2.18. The van der Waals surface area contributed by atoms with Gasteiger partial charge in [-0.3, -0.25) is 9.59 Å². The highest BCUT2D eigenvalue weighted by Gasteiger charge is 2.21. The van der Waals surface area contributed by atoms with Gasteiger partial charge in [-0.05, 0) is 18.6 Å². The average molecular weight is 274 g/mol. The first kappa shape index (κ1) is 14.1. The standard InChI is InChI=1S/C15H18N2O3/c1-2-9-20-13-6-4-3-5-12(13)15(19)16-10-11-7-8-14(18)17-11/h2-6,11H,1,7-10H2,(H,16,19)(H,17,18)/t11-/m0/s1. The molecular weight excluding hydrogens is 256 g/mol. The Morgan fingerprint density at radius 3 is 3.00 bits per heavy atom. The number of ether oxygens (including phenoxy) is 1. The first-order valence-electron chi connectivity index (χ1n) is 6.61. The van der Waals surface area contributed by atoms with Gasteiger partial charge in [-0.2, -0.15) is 0 Å². The fourth-order valence-electron chi connectivity index (χ4n) is 2.07. The Bertz CT molecular complexity index is 514. The van der Waals surface area contributed by atoms with Crippen LogP contribution in [-0.4, -0.2) is 31.0 Å². The van der Waals surface area contributed by atoms with Crippen molar-refractivity contribution in [2.45, 2.75) is 18.9 Å². The van der Waals surface area contributed by atoms with Crippen molar-refractivity contribution in [3.8, 4) is 5.75 Å². The molecule has 0 aliphatic carbocycles. The molecule has 1 heterocycles. The zero-order chi connectivity index (χ0) is 14.4. The summed E-state index contributed by atoms with van der Waals surface area (Å²) < 4.78 is 5.45. The lowest BCUT2D eigenvalue weighted by Gasteiger charge is -2.13. The molecular formula is C15H18N2O3. The number of nitrogens with one attached hydrogen (secondary N) is 2. The monoisotopic (exact) mass is 274 g/mol. The molecule has 5 nitrogen and oxygen atoms in total. The smallest absolute Gasteiger partial charge is 0.255 e. The van der Waals surface area contributed by atoms with Gasteiger partial charge in [0, 0.05) is 19.0 Å². The molecule has 0 spiro atoms. The Morgan fingerprint density at radius 1 is 1.50 bits per heavy atom. The normalized spacial score (nSPS) is 17.4. The fourth-order valence-corrected chi connectivity index (χ4v) is 2.07. The van der Waals surface area contributed by atoms with Crippen molar-refractivity contribution in [2.75, 3.05) is 13.2 Å². The molecule has 1 fully saturated rings. The van der Waals surface area contributed by atoms with Crippen LogP contribution in [0.3, 0.4) is 0 Å². The van der Waals surface area contributed by atoms with Crippen molar-refractivity contribution >= 4 is 11.8 Å². The molecule has 1 aliphatic heterocycles. The van der Waals surface area contributed by atoms with Gasteiger partial charge < -0.3 is 15.4 Å². The van der Waals surface area contributed by atoms with E-state index in [0.717, 1.165) is 6.42 Å². The first-order chi connectivity index (χ1) is 9.70. The van der Waals surface area contributed by atoms with Crippen molar-refractivity contribution in [3.05, 3.63) is 42.5 Å². The van der Waals surface area contributed by atoms with Crippen LogP contribution in [0.15, 0.2) is 36.9 Å². The van der Waals surface area contributed by atoms with E-state index in [9.17, 15) is 9.59 Å². The first-order valence-corrected chi connectivity index (χ1v) is 6.61. The Kier molecular flexibility index (Phi) is 4.76. The van der Waals surface area contributed by atoms with Gasteiger partial charge in [0.1, 0.15) is 12.4 Å². The number of carbonyl (C=O) groups excluding carboxylic acids is 2. The third kappa shape index (κ3) is 3.60. The third-order valence-corrected chi connectivity index (χ3v) is 3.08. The zero-order valence-corrected chi connectivity index (χ0v) is 11.2. The van der Waals surface area contributed by atoms with Crippen LogP contribution >= 0.6 is 0 Å². The van der Waals surface area contributed by atoms with Crippen LogP contribution in [0.1, 0.15) is 23.2 Å². The van der Waals surface area contributed by atoms with Crippen LogP contribution in [-0.2, 0) is 4.79 Å². The van der Waals surface area contributed by atoms with Crippen molar-refractivity contribution in [1.29, 1.82) is 0 Å². The SMILES string of the molecule is C=CCOc1ccccc1C(=O)NC[C@@H]1CCC(=O)N1. The van der Waals surface area contributed by atoms with Crippen LogP contribution in [0, 0.1) is 0 Å². The van der Waals surface area contributed by atoms with Crippen LogP contribution in [0.25, 0.3) is 0 Å². The van der Waals surface area contributed by atoms with Gasteiger partial charge >= 0.3 is 0 Å². The topological polar surface area (TPSA) is 67.4 Å². The predicted octanol–water partition coefficient (Wildman–Crippen LogP) is 1.26. The number of amides is 2. The van der Waals surface area contributed by atoms with E-state index < -0.39 is 0 Å². The number of benzene rings is 1. The molecule has 0 unspecified atom stereocenters. The van der Waals surface area contributed by atoms with Gasteiger partial charge in [-0.25, -0.2) is 0 Å². The number of hydrogen-bond acceptors (Lipinski definition) is 3. The Balaban J connectivity index is 1.94. The Morgan fingerprint density at radius 2 is 2.30 bits per heavy atom. The van der Waals surface area contributed by atoms with E-state index in [1.807, 2.05) is 6.07 Å². The number of rotatable bonds is 6. The Labute approximate surface area is 118 Å². The number of hydrogen-bond donors (Lipinski definition) is 2. The van der Waals surface area contributed by atoms with E-state index >= 15 is 0 Å². The molecule has 1 aromatic carbocycles. The lowest BCUT2D eigenvalue weighted by Crippen LogP contribution is -2.38. The molecule has 2 amide bonds. The van der Waals surface area contributed by atoms with Crippen LogP contribution < -0.4 is 15.4 Å². The summed E-state index contributed by atoms with van der Waals surface area (Å²) in [5.41, 5.74) is 0.485. The molecule has 1 aliphatic rings. The average Bonchev–Trinajstić information content (AvgIpc) is 2.88. The minimum Gasteiger partial charge on any atom is -0.489 e. The summed E-state index contributed by atoms with van der Waals surface area (Å²) in [4.78, 5) is 23.2. The molecule has 2 N–H and O–H groups in total. The minimum absolute atomic E-state index is 0.0210. The van der Waals surface area contributed by atoms with Gasteiger partial charge in [-0.15, -0.1) is 0 Å². The van der Waals surface area contributed by atoms with E-state index in [2.05, 4.69) is 17.2 Å². The fraction of sp³-hybridized carbons (Fsp3) is 0.333. The lowest BCUT2D eigenvalue weighted by molar-refractivity contribution is -0.119. The van der Waals surface area contributed by atoms with Crippen molar-refractivity contribution < 1.29 is 14.3 Å². The van der Waals surface area contributed by atoms with Gasteiger partial charge in [0.25, 0.3) is 5.91 Å². The minimum atomic E-state index is -0.203. The van der Waals surface area contributed by atoms with Gasteiger partial charge in [-0.1, -0.05) is 24.8 Å². The van der Waals surface area contributed by atoms with Gasteiger partial charge in [0.15, 0.2) is 0 Å². The summed E-state index contributed by atoms with van der Waals surface area (Å²) in [5.74, 6) is 0.366. The van der Waals surface area contributed by atoms with E-state index in [1.165, 1.54) is 0 Å². The second-order valence-corrected chi connectivity index (χ2v) is 4.61. The van der Waals surface area contributed by atoms with Crippen LogP contribution in [0.2, 0.25) is 0 Å². The highest BCUT2D eigenvalue weighted by molar-refractivity contribution is 5.97. The van der Waals surface area contributed by atoms with E-state index in [0.29, 0.717) is 30.9 Å². The predicted molar refractivity (Wildman–Crippen MR) is 75.6 cm³/mol. The zero-order valence-electron chi connectivity index (χ0n) is 11.2. The molecule has 5 heteroatoms. The maximum Gasteiger partial charge on any atom is 0.255 e. The molecule has 0 saturated carbocycles. The second kappa shape index (κ2) is 6.75. The molecule has 2 rings (SSSR count). The molecule has 0 radical (unpaired) electrons. The largest absolute Gasteiger partial charge is 0.489 e. The summed E-state index contributed by atoms with van der Waals surface area (Å²) in [7, 11) is 0. The number of carbonyl (C=O) groups is 2. The van der Waals surface area contributed by atoms with E-state index in [-0.39, 0.29) is 17.9 Å². The molecule has 0 bridgehead atoms. The van der Waals surface area contributed by atoms with Gasteiger partial charge in [0.05, 0.1) is 5.56 Å². The summed E-state index contributed by atoms with van der Waals surface area (Å²) in [6, 6.07) is 7.07. The highest BCUT2D eigenvalue weighted by atomic mass is 16.5. The van der Waals surface area contributed by atoms with Crippen molar-refractivity contribution in [3.63, 3.8) is 0 Å². The summed E-state index contributed by atoms with van der Waals surface area (Å²) >= 11 is 0. The molecule has 1 atom stereocenters. The molecule has 20 heavy (non-hydrogen) atoms. The van der Waals surface area contributed by atoms with Gasteiger partial charge in [0.2, 0.25) is 5.91 Å². The third-order valence-electron chi connectivity index (χ3n) is 3.08. The second-order valence-electron chi connectivity index (χ2n) is 4.61. The lowest BCUT2D eigenvalue weighted by atomic mass is 10.1. The van der Waals surface area contributed by atoms with E-state index in [4.69, 9.17) is 4.74 Å². The van der Waals surface area contributed by atoms with Crippen LogP contribution in [0.5, 0.6) is 5.75 Å². The maximum atomic E-state index is 12.1. The summed E-state index contributed by atoms with van der Waals surface area (Å²) in [6.07, 6.45) is 2.91. The molecule has 0 aromatic heterocycles. The van der Waals surface area contributed by atoms with Crippen molar-refractivity contribution in [1.82, 2.24) is 10.6 Å². The summed E-state index contributed by atoms with van der Waals surface area (Å²) in [6.45, 7) is 4.36. The Hall–Kier alpha value is -2.30. The van der Waals surface area contributed by atoms with Crippen LogP contribution in [0.4, 0.5) is 0 Å². The van der Waals surface area contributed by atoms with Crippen molar-refractivity contribution in [2.24, 2.45) is 0 Å². The molecule has 106 valence electrons. The maximum absolute atomic E-state index is 12.1. The van der Waals surface area contributed by atoms with E-state index in [1.54, 1.807) is 24.3 Å². The number of para-hydroxylation sites is 1. The summed E-state index contributed by atoms with van der Waals surface area (Å²) in [5, 5.41) is 5.63. The molecule has 1 saturated heterocycles. The quantitative estimate of drug-likeness (QED) is 0.767. The molecule has 1 aromatic rings.